The molecule has 2 heterocycles. The third kappa shape index (κ3) is 2.20. The highest BCUT2D eigenvalue weighted by molar-refractivity contribution is 5.76. The van der Waals surface area contributed by atoms with Gasteiger partial charge in [0.25, 0.3) is 0 Å². The smallest absolute Gasteiger partial charge is 0.192 e. The lowest BCUT2D eigenvalue weighted by Crippen LogP contribution is -2.30. The van der Waals surface area contributed by atoms with E-state index in [0.717, 1.165) is 35.9 Å². The van der Waals surface area contributed by atoms with Gasteiger partial charge in [-0.1, -0.05) is 12.1 Å². The molecular weight excluding hydrogens is 212 g/mol. The Kier molecular flexibility index (Phi) is 2.85. The summed E-state index contributed by atoms with van der Waals surface area (Å²) in [6.07, 6.45) is 3.70. The molecule has 3 nitrogen and oxygen atoms in total. The van der Waals surface area contributed by atoms with E-state index in [4.69, 9.17) is 4.42 Å². The molecule has 3 heteroatoms. The largest absolute Gasteiger partial charge is 0.441 e. The third-order valence-electron chi connectivity index (χ3n) is 3.51. The van der Waals surface area contributed by atoms with E-state index in [1.165, 1.54) is 24.9 Å². The van der Waals surface area contributed by atoms with Gasteiger partial charge in [0.2, 0.25) is 0 Å². The summed E-state index contributed by atoms with van der Waals surface area (Å²) in [6, 6.07) is 6.27. The second kappa shape index (κ2) is 4.49. The van der Waals surface area contributed by atoms with Crippen molar-refractivity contribution in [1.29, 1.82) is 0 Å². The van der Waals surface area contributed by atoms with Crippen LogP contribution in [-0.4, -0.2) is 18.1 Å². The number of oxazole rings is 1. The van der Waals surface area contributed by atoms with Crippen molar-refractivity contribution < 1.29 is 4.42 Å². The first kappa shape index (κ1) is 10.8. The Balaban J connectivity index is 1.88. The Morgan fingerprint density at radius 1 is 1.47 bits per heavy atom. The zero-order valence-electron chi connectivity index (χ0n) is 10.2. The third-order valence-corrected chi connectivity index (χ3v) is 3.51. The van der Waals surface area contributed by atoms with E-state index in [-0.39, 0.29) is 0 Å². The van der Waals surface area contributed by atoms with Crippen molar-refractivity contribution >= 4 is 11.1 Å². The van der Waals surface area contributed by atoms with E-state index in [2.05, 4.69) is 22.4 Å². The summed E-state index contributed by atoms with van der Waals surface area (Å²) in [7, 11) is 0. The van der Waals surface area contributed by atoms with Gasteiger partial charge < -0.3 is 9.73 Å². The topological polar surface area (TPSA) is 38.1 Å². The highest BCUT2D eigenvalue weighted by atomic mass is 16.3. The summed E-state index contributed by atoms with van der Waals surface area (Å²) >= 11 is 0. The summed E-state index contributed by atoms with van der Waals surface area (Å²) < 4.78 is 5.71. The maximum absolute atomic E-state index is 5.71. The lowest BCUT2D eigenvalue weighted by atomic mass is 9.92. The second-order valence-corrected chi connectivity index (χ2v) is 4.91. The van der Waals surface area contributed by atoms with Crippen LogP contribution in [0, 0.1) is 12.8 Å². The number of hydrogen-bond donors (Lipinski definition) is 1. The quantitative estimate of drug-likeness (QED) is 0.862. The molecule has 1 aromatic carbocycles. The summed E-state index contributed by atoms with van der Waals surface area (Å²) in [4.78, 5) is 4.38. The molecule has 90 valence electrons. The number of hydrogen-bond acceptors (Lipinski definition) is 3. The first-order chi connectivity index (χ1) is 8.33. The number of aryl methyl sites for hydroxylation is 1. The van der Waals surface area contributed by atoms with Crippen LogP contribution in [0.2, 0.25) is 0 Å². The zero-order chi connectivity index (χ0) is 11.7. The van der Waals surface area contributed by atoms with Crippen LogP contribution in [0.1, 0.15) is 24.3 Å². The molecule has 3 rings (SSSR count). The van der Waals surface area contributed by atoms with Crippen LogP contribution in [0.4, 0.5) is 0 Å². The minimum absolute atomic E-state index is 0.736. The molecule has 2 aromatic rings. The van der Waals surface area contributed by atoms with E-state index in [1.807, 2.05) is 13.0 Å². The molecule has 1 atom stereocenters. The molecule has 0 saturated carbocycles. The number of nitrogens with zero attached hydrogens (tertiary/aromatic N) is 1. The SMILES string of the molecule is Cc1nc2cccc(CC3CCCNC3)c2o1. The van der Waals surface area contributed by atoms with Crippen LogP contribution in [0.25, 0.3) is 11.1 Å². The molecule has 0 bridgehead atoms. The number of piperidine rings is 1. The number of fused-ring (bicyclic) bond motifs is 1. The van der Waals surface area contributed by atoms with Crippen LogP contribution in [0.5, 0.6) is 0 Å². The van der Waals surface area contributed by atoms with Crippen LogP contribution < -0.4 is 5.32 Å². The number of nitrogens with one attached hydrogen (secondary N) is 1. The summed E-state index contributed by atoms with van der Waals surface area (Å²) in [5.41, 5.74) is 3.27. The number of benzene rings is 1. The first-order valence-corrected chi connectivity index (χ1v) is 6.38. The molecule has 0 radical (unpaired) electrons. The van der Waals surface area contributed by atoms with E-state index in [0.29, 0.717) is 0 Å². The van der Waals surface area contributed by atoms with Gasteiger partial charge in [-0.25, -0.2) is 4.98 Å². The maximum Gasteiger partial charge on any atom is 0.192 e. The normalized spacial score (nSPS) is 20.9. The van der Waals surface area contributed by atoms with Crippen molar-refractivity contribution in [3.05, 3.63) is 29.7 Å². The van der Waals surface area contributed by atoms with Gasteiger partial charge in [-0.3, -0.25) is 0 Å². The Labute approximate surface area is 101 Å². The van der Waals surface area contributed by atoms with Gasteiger partial charge in [0.15, 0.2) is 11.5 Å². The molecule has 17 heavy (non-hydrogen) atoms. The van der Waals surface area contributed by atoms with Crippen molar-refractivity contribution in [2.45, 2.75) is 26.2 Å². The molecule has 0 amide bonds. The molecule has 0 aliphatic carbocycles. The van der Waals surface area contributed by atoms with E-state index in [1.54, 1.807) is 0 Å². The Bertz CT molecular complexity index is 512. The fraction of sp³-hybridized carbons (Fsp3) is 0.500. The summed E-state index contributed by atoms with van der Waals surface area (Å²) in [5.74, 6) is 1.49. The van der Waals surface area contributed by atoms with Crippen molar-refractivity contribution in [2.75, 3.05) is 13.1 Å². The van der Waals surface area contributed by atoms with Gasteiger partial charge in [-0.15, -0.1) is 0 Å². The molecular formula is C14H18N2O. The first-order valence-electron chi connectivity index (χ1n) is 6.38. The molecule has 1 saturated heterocycles. The average molecular weight is 230 g/mol. The minimum atomic E-state index is 0.736. The number of para-hydroxylation sites is 1. The van der Waals surface area contributed by atoms with Gasteiger partial charge in [0, 0.05) is 6.92 Å². The van der Waals surface area contributed by atoms with Gasteiger partial charge in [-0.2, -0.15) is 0 Å². The molecule has 1 unspecified atom stereocenters. The van der Waals surface area contributed by atoms with E-state index >= 15 is 0 Å². The number of aromatic nitrogens is 1. The van der Waals surface area contributed by atoms with Gasteiger partial charge in [0.05, 0.1) is 0 Å². The summed E-state index contributed by atoms with van der Waals surface area (Å²) in [6.45, 7) is 4.21. The predicted molar refractivity (Wildman–Crippen MR) is 68.0 cm³/mol. The lowest BCUT2D eigenvalue weighted by Gasteiger charge is -2.22. The second-order valence-electron chi connectivity index (χ2n) is 4.91. The van der Waals surface area contributed by atoms with E-state index < -0.39 is 0 Å². The summed E-state index contributed by atoms with van der Waals surface area (Å²) in [5, 5.41) is 3.46. The highest BCUT2D eigenvalue weighted by Gasteiger charge is 2.16. The Hall–Kier alpha value is -1.35. The van der Waals surface area contributed by atoms with Gasteiger partial charge >= 0.3 is 0 Å². The average Bonchev–Trinajstić information content (AvgIpc) is 2.72. The molecule has 1 N–H and O–H groups in total. The van der Waals surface area contributed by atoms with Crippen LogP contribution in [0.3, 0.4) is 0 Å². The standard InChI is InChI=1S/C14H18N2O/c1-10-16-13-6-2-5-12(14(13)17-10)8-11-4-3-7-15-9-11/h2,5-6,11,15H,3-4,7-9H2,1H3. The monoisotopic (exact) mass is 230 g/mol. The minimum Gasteiger partial charge on any atom is -0.441 e. The zero-order valence-corrected chi connectivity index (χ0v) is 10.2. The number of rotatable bonds is 2. The van der Waals surface area contributed by atoms with Gasteiger partial charge in [0.1, 0.15) is 5.52 Å². The van der Waals surface area contributed by atoms with E-state index in [9.17, 15) is 0 Å². The molecule has 0 spiro atoms. The highest BCUT2D eigenvalue weighted by Crippen LogP contribution is 2.24. The van der Waals surface area contributed by atoms with Crippen molar-refractivity contribution in [3.63, 3.8) is 0 Å². The Morgan fingerprint density at radius 3 is 3.24 bits per heavy atom. The maximum atomic E-state index is 5.71. The predicted octanol–water partition coefficient (Wildman–Crippen LogP) is 2.68. The van der Waals surface area contributed by atoms with Crippen LogP contribution in [0.15, 0.2) is 22.6 Å². The molecule has 1 aliphatic rings. The Morgan fingerprint density at radius 2 is 2.41 bits per heavy atom. The van der Waals surface area contributed by atoms with Crippen molar-refractivity contribution in [1.82, 2.24) is 10.3 Å². The van der Waals surface area contributed by atoms with Crippen molar-refractivity contribution in [3.8, 4) is 0 Å². The molecule has 1 aromatic heterocycles. The molecule has 1 aliphatic heterocycles. The van der Waals surface area contributed by atoms with Gasteiger partial charge in [-0.05, 0) is 49.9 Å². The fourth-order valence-corrected chi connectivity index (χ4v) is 2.69. The fourth-order valence-electron chi connectivity index (χ4n) is 2.69. The molecule has 1 fully saturated rings. The lowest BCUT2D eigenvalue weighted by molar-refractivity contribution is 0.375. The van der Waals surface area contributed by atoms with Crippen LogP contribution in [-0.2, 0) is 6.42 Å². The van der Waals surface area contributed by atoms with Crippen LogP contribution >= 0.6 is 0 Å². The van der Waals surface area contributed by atoms with Crippen molar-refractivity contribution in [2.24, 2.45) is 5.92 Å².